The predicted molar refractivity (Wildman–Crippen MR) is 124 cm³/mol. The molecule has 2 aromatic carbocycles. The van der Waals surface area contributed by atoms with Crippen LogP contribution in [0.15, 0.2) is 52.1 Å². The second-order valence-electron chi connectivity index (χ2n) is 8.05. The number of rotatable bonds is 6. The van der Waals surface area contributed by atoms with Gasteiger partial charge in [0.05, 0.1) is 19.8 Å². The Kier molecular flexibility index (Phi) is 5.61. The van der Waals surface area contributed by atoms with Gasteiger partial charge < -0.3 is 24.0 Å². The molecule has 1 atom stereocenters. The molecule has 2 N–H and O–H groups in total. The van der Waals surface area contributed by atoms with Crippen LogP contribution in [0.1, 0.15) is 0 Å². The summed E-state index contributed by atoms with van der Waals surface area (Å²) >= 11 is 0. The quantitative estimate of drug-likeness (QED) is 0.447. The number of ether oxygens (including phenoxy) is 2. The largest absolute Gasteiger partial charge is 0.490 e. The lowest BCUT2D eigenvalue weighted by molar-refractivity contribution is 0.0934. The number of nitrogens with zero attached hydrogens (tertiary/aromatic N) is 4. The van der Waals surface area contributed by atoms with Gasteiger partial charge in [0, 0.05) is 25.5 Å². The van der Waals surface area contributed by atoms with E-state index < -0.39 is 17.4 Å². The number of nitrogens with one attached hydrogen (secondary N) is 1. The highest BCUT2D eigenvalue weighted by Gasteiger charge is 2.24. The van der Waals surface area contributed by atoms with Crippen molar-refractivity contribution in [1.29, 1.82) is 0 Å². The van der Waals surface area contributed by atoms with E-state index in [1.165, 1.54) is 4.57 Å². The van der Waals surface area contributed by atoms with Crippen molar-refractivity contribution in [1.82, 2.24) is 19.1 Å². The summed E-state index contributed by atoms with van der Waals surface area (Å²) in [5.41, 5.74) is -0.567. The van der Waals surface area contributed by atoms with Gasteiger partial charge in [0.15, 0.2) is 11.2 Å². The third-order valence-electron chi connectivity index (χ3n) is 5.86. The summed E-state index contributed by atoms with van der Waals surface area (Å²) in [5, 5.41) is 12.9. The zero-order chi connectivity index (χ0) is 22.9. The van der Waals surface area contributed by atoms with E-state index in [1.54, 1.807) is 11.6 Å². The molecule has 0 amide bonds. The molecule has 1 aliphatic heterocycles. The van der Waals surface area contributed by atoms with Gasteiger partial charge in [0.2, 0.25) is 5.95 Å². The number of aliphatic hydroxyl groups excluding tert-OH is 1. The van der Waals surface area contributed by atoms with E-state index >= 15 is 0 Å². The van der Waals surface area contributed by atoms with Crippen molar-refractivity contribution in [2.75, 3.05) is 37.8 Å². The second kappa shape index (κ2) is 8.72. The van der Waals surface area contributed by atoms with Crippen LogP contribution in [0.3, 0.4) is 0 Å². The van der Waals surface area contributed by atoms with E-state index in [-0.39, 0.29) is 24.3 Å². The zero-order valence-electron chi connectivity index (χ0n) is 18.2. The summed E-state index contributed by atoms with van der Waals surface area (Å²) in [6.45, 7) is 2.36. The number of aryl methyl sites for hydroxylation is 1. The Bertz CT molecular complexity index is 1410. The van der Waals surface area contributed by atoms with E-state index in [0.717, 1.165) is 10.8 Å². The van der Waals surface area contributed by atoms with Gasteiger partial charge in [-0.25, -0.2) is 4.79 Å². The average molecular weight is 451 g/mol. The highest BCUT2D eigenvalue weighted by molar-refractivity contribution is 5.88. The van der Waals surface area contributed by atoms with Crippen LogP contribution in [0.5, 0.6) is 5.75 Å². The van der Waals surface area contributed by atoms with Gasteiger partial charge >= 0.3 is 5.69 Å². The van der Waals surface area contributed by atoms with Crippen LogP contribution in [0.2, 0.25) is 0 Å². The van der Waals surface area contributed by atoms with Gasteiger partial charge in [-0.15, -0.1) is 0 Å². The highest BCUT2D eigenvalue weighted by atomic mass is 16.5. The molecule has 5 rings (SSSR count). The number of aromatic nitrogens is 4. The molecular formula is C23H25N5O5. The smallest absolute Gasteiger partial charge is 0.329 e. The predicted octanol–water partition coefficient (Wildman–Crippen LogP) is 0.853. The average Bonchev–Trinajstić information content (AvgIpc) is 3.21. The summed E-state index contributed by atoms with van der Waals surface area (Å²) in [6.07, 6.45) is -0.919. The minimum absolute atomic E-state index is 0.0277. The van der Waals surface area contributed by atoms with Crippen LogP contribution in [-0.4, -0.2) is 63.2 Å². The lowest BCUT2D eigenvalue weighted by atomic mass is 10.1. The Morgan fingerprint density at radius 1 is 1.15 bits per heavy atom. The van der Waals surface area contributed by atoms with E-state index in [9.17, 15) is 14.7 Å². The topological polar surface area (TPSA) is 115 Å². The number of fused-ring (bicyclic) bond motifs is 2. The standard InChI is InChI=1S/C23H25N5O5/c1-26-20-19(21(30)25-23(26)31)28(22(24-20)27-9-11-32-12-10-27)13-16(29)14-33-18-8-4-6-15-5-2-3-7-17(15)18/h2-8,16,29H,9-14H2,1H3,(H,25,30,31)/t16-/m0/s1. The van der Waals surface area contributed by atoms with E-state index in [4.69, 9.17) is 9.47 Å². The third kappa shape index (κ3) is 3.98. The third-order valence-corrected chi connectivity index (χ3v) is 5.86. The van der Waals surface area contributed by atoms with Crippen LogP contribution in [0.4, 0.5) is 5.95 Å². The fourth-order valence-electron chi connectivity index (χ4n) is 4.17. The van der Waals surface area contributed by atoms with Crippen molar-refractivity contribution >= 4 is 27.9 Å². The first kappa shape index (κ1) is 21.2. The molecule has 0 radical (unpaired) electrons. The van der Waals surface area contributed by atoms with Crippen LogP contribution in [-0.2, 0) is 18.3 Å². The minimum Gasteiger partial charge on any atom is -0.490 e. The van der Waals surface area contributed by atoms with Crippen molar-refractivity contribution in [3.05, 3.63) is 63.3 Å². The molecule has 4 aromatic rings. The molecule has 1 saturated heterocycles. The Hall–Kier alpha value is -3.63. The number of anilines is 1. The fraction of sp³-hybridized carbons (Fsp3) is 0.348. The van der Waals surface area contributed by atoms with Crippen LogP contribution in [0, 0.1) is 0 Å². The number of aromatic amines is 1. The van der Waals surface area contributed by atoms with Gasteiger partial charge in [-0.3, -0.25) is 14.3 Å². The molecule has 10 heteroatoms. The summed E-state index contributed by atoms with van der Waals surface area (Å²) in [6, 6.07) is 13.6. The Labute approximate surface area is 188 Å². The SMILES string of the molecule is Cn1c(=O)[nH]c(=O)c2c1nc(N1CCOCC1)n2C[C@H](O)COc1cccc2ccccc12. The Morgan fingerprint density at radius 2 is 1.91 bits per heavy atom. The molecule has 1 fully saturated rings. The second-order valence-corrected chi connectivity index (χ2v) is 8.05. The van der Waals surface area contributed by atoms with Crippen molar-refractivity contribution in [3.8, 4) is 5.75 Å². The van der Waals surface area contributed by atoms with Gasteiger partial charge in [-0.2, -0.15) is 4.98 Å². The number of H-pyrrole nitrogens is 1. The molecule has 172 valence electrons. The Morgan fingerprint density at radius 3 is 2.73 bits per heavy atom. The molecule has 3 heterocycles. The van der Waals surface area contributed by atoms with Crippen molar-refractivity contribution < 1.29 is 14.6 Å². The van der Waals surface area contributed by atoms with Crippen LogP contribution >= 0.6 is 0 Å². The summed E-state index contributed by atoms with van der Waals surface area (Å²) < 4.78 is 14.3. The van der Waals surface area contributed by atoms with Gasteiger partial charge in [-0.05, 0) is 11.5 Å². The van der Waals surface area contributed by atoms with Gasteiger partial charge in [-0.1, -0.05) is 36.4 Å². The molecule has 2 aromatic heterocycles. The number of benzene rings is 2. The fourth-order valence-corrected chi connectivity index (χ4v) is 4.17. The monoisotopic (exact) mass is 451 g/mol. The first-order chi connectivity index (χ1) is 16.0. The molecule has 10 nitrogen and oxygen atoms in total. The summed E-state index contributed by atoms with van der Waals surface area (Å²) in [4.78, 5) is 33.7. The van der Waals surface area contributed by atoms with Crippen molar-refractivity contribution in [3.63, 3.8) is 0 Å². The maximum atomic E-state index is 12.7. The normalized spacial score (nSPS) is 15.3. The Balaban J connectivity index is 1.46. The highest BCUT2D eigenvalue weighted by Crippen LogP contribution is 2.26. The first-order valence-electron chi connectivity index (χ1n) is 10.8. The van der Waals surface area contributed by atoms with E-state index in [1.807, 2.05) is 47.4 Å². The summed E-state index contributed by atoms with van der Waals surface area (Å²) in [7, 11) is 1.56. The number of hydrogen-bond acceptors (Lipinski definition) is 7. The lowest BCUT2D eigenvalue weighted by Crippen LogP contribution is -2.39. The van der Waals surface area contributed by atoms with Crippen molar-refractivity contribution in [2.45, 2.75) is 12.6 Å². The van der Waals surface area contributed by atoms with E-state index in [0.29, 0.717) is 38.0 Å². The molecule has 0 saturated carbocycles. The maximum absolute atomic E-state index is 12.7. The molecular weight excluding hydrogens is 426 g/mol. The minimum atomic E-state index is -0.919. The van der Waals surface area contributed by atoms with Crippen LogP contribution in [0.25, 0.3) is 21.9 Å². The first-order valence-corrected chi connectivity index (χ1v) is 10.8. The maximum Gasteiger partial charge on any atom is 0.329 e. The zero-order valence-corrected chi connectivity index (χ0v) is 18.2. The molecule has 0 bridgehead atoms. The van der Waals surface area contributed by atoms with Crippen LogP contribution < -0.4 is 20.9 Å². The molecule has 0 spiro atoms. The molecule has 1 aliphatic rings. The molecule has 0 unspecified atom stereocenters. The lowest BCUT2D eigenvalue weighted by Gasteiger charge is -2.28. The van der Waals surface area contributed by atoms with Gasteiger partial charge in [0.1, 0.15) is 18.5 Å². The number of imidazole rings is 1. The summed E-state index contributed by atoms with van der Waals surface area (Å²) in [5.74, 6) is 1.19. The molecule has 0 aliphatic carbocycles. The van der Waals surface area contributed by atoms with E-state index in [2.05, 4.69) is 9.97 Å². The van der Waals surface area contributed by atoms with Gasteiger partial charge in [0.25, 0.3) is 5.56 Å². The number of aliphatic hydroxyl groups is 1. The number of morpholine rings is 1. The van der Waals surface area contributed by atoms with Crippen molar-refractivity contribution in [2.24, 2.45) is 7.05 Å². The number of hydrogen-bond donors (Lipinski definition) is 2. The molecule has 33 heavy (non-hydrogen) atoms.